The molecule has 0 radical (unpaired) electrons. The van der Waals surface area contributed by atoms with Gasteiger partial charge in [-0.05, 0) is 57.8 Å². The SMILES string of the molecule is CCCCCCCCCC/C=C\CCCCCCCCCCCCCCCCCCCCCC(=O)NC(CO)C(O)/C=C/CC/C=C/CCCCCCCCCCCCCC. The van der Waals surface area contributed by atoms with Crippen molar-refractivity contribution in [3.05, 3.63) is 36.5 Å². The molecule has 0 aliphatic heterocycles. The lowest BCUT2D eigenvalue weighted by Gasteiger charge is -2.19. The molecule has 0 aromatic rings. The molecule has 4 nitrogen and oxygen atoms in total. The van der Waals surface area contributed by atoms with E-state index in [-0.39, 0.29) is 12.5 Å². The van der Waals surface area contributed by atoms with E-state index in [0.29, 0.717) is 6.42 Å². The molecule has 0 fully saturated rings. The van der Waals surface area contributed by atoms with Gasteiger partial charge in [-0.3, -0.25) is 4.79 Å². The molecule has 0 bridgehead atoms. The topological polar surface area (TPSA) is 69.6 Å². The minimum atomic E-state index is -0.860. The van der Waals surface area contributed by atoms with Gasteiger partial charge in [0.2, 0.25) is 5.91 Å². The van der Waals surface area contributed by atoms with Crippen molar-refractivity contribution in [3.8, 4) is 0 Å². The van der Waals surface area contributed by atoms with Crippen molar-refractivity contribution >= 4 is 5.91 Å². The zero-order chi connectivity index (χ0) is 44.2. The maximum Gasteiger partial charge on any atom is 0.220 e. The Kier molecular flexibility index (Phi) is 51.7. The van der Waals surface area contributed by atoms with Crippen LogP contribution in [-0.2, 0) is 4.79 Å². The quantitative estimate of drug-likeness (QED) is 0.0422. The Morgan fingerprint density at radius 3 is 0.951 bits per heavy atom. The lowest BCUT2D eigenvalue weighted by Crippen LogP contribution is -2.45. The Bertz CT molecular complexity index is 928. The minimum Gasteiger partial charge on any atom is -0.394 e. The van der Waals surface area contributed by atoms with Crippen molar-refractivity contribution < 1.29 is 15.0 Å². The van der Waals surface area contributed by atoms with Gasteiger partial charge in [0, 0.05) is 6.42 Å². The fourth-order valence-electron chi connectivity index (χ4n) is 8.60. The number of carbonyl (C=O) groups excluding carboxylic acids is 1. The first-order valence-electron chi connectivity index (χ1n) is 27.7. The van der Waals surface area contributed by atoms with E-state index < -0.39 is 12.1 Å². The van der Waals surface area contributed by atoms with E-state index in [4.69, 9.17) is 0 Å². The van der Waals surface area contributed by atoms with Gasteiger partial charge in [0.25, 0.3) is 0 Å². The zero-order valence-electron chi connectivity index (χ0n) is 41.4. The molecule has 0 spiro atoms. The summed E-state index contributed by atoms with van der Waals surface area (Å²) < 4.78 is 0. The summed E-state index contributed by atoms with van der Waals surface area (Å²) in [5, 5.41) is 23.1. The second kappa shape index (κ2) is 53.0. The maximum absolute atomic E-state index is 12.5. The van der Waals surface area contributed by atoms with Gasteiger partial charge in [0.1, 0.15) is 0 Å². The number of allylic oxidation sites excluding steroid dienone is 5. The fourth-order valence-corrected chi connectivity index (χ4v) is 8.60. The number of aliphatic hydroxyl groups excluding tert-OH is 2. The van der Waals surface area contributed by atoms with Crippen molar-refractivity contribution in [2.75, 3.05) is 6.61 Å². The van der Waals surface area contributed by atoms with E-state index in [1.54, 1.807) is 6.08 Å². The standard InChI is InChI=1S/C57H109NO3/c1-3-5-7-9-11-13-15-17-19-21-23-24-25-26-27-28-29-30-31-32-33-34-35-37-39-41-43-45-47-49-51-53-57(61)58-55(54-59)56(60)52-50-48-46-44-42-40-38-36-22-20-18-16-14-12-10-8-6-4-2/h21,23,42,44,50,52,55-56,59-60H,3-20,22,24-41,43,45-49,51,53-54H2,1-2H3,(H,58,61)/b23-21-,44-42+,52-50+. The van der Waals surface area contributed by atoms with Gasteiger partial charge in [-0.15, -0.1) is 0 Å². The molecule has 2 atom stereocenters. The van der Waals surface area contributed by atoms with Crippen LogP contribution in [0.4, 0.5) is 0 Å². The number of unbranched alkanes of at least 4 members (excludes halogenated alkanes) is 40. The van der Waals surface area contributed by atoms with Crippen LogP contribution < -0.4 is 5.32 Å². The second-order valence-electron chi connectivity index (χ2n) is 19.0. The third-order valence-electron chi connectivity index (χ3n) is 12.8. The summed E-state index contributed by atoms with van der Waals surface area (Å²) in [5.41, 5.74) is 0. The van der Waals surface area contributed by atoms with Gasteiger partial charge in [-0.1, -0.05) is 275 Å². The average Bonchev–Trinajstić information content (AvgIpc) is 3.26. The van der Waals surface area contributed by atoms with Crippen molar-refractivity contribution in [2.45, 2.75) is 315 Å². The van der Waals surface area contributed by atoms with Crippen molar-refractivity contribution in [3.63, 3.8) is 0 Å². The van der Waals surface area contributed by atoms with Gasteiger partial charge in [0.05, 0.1) is 18.8 Å². The largest absolute Gasteiger partial charge is 0.394 e. The van der Waals surface area contributed by atoms with Gasteiger partial charge >= 0.3 is 0 Å². The average molecular weight is 857 g/mol. The summed E-state index contributed by atoms with van der Waals surface area (Å²) >= 11 is 0. The smallest absolute Gasteiger partial charge is 0.220 e. The molecule has 1 amide bonds. The molecule has 3 N–H and O–H groups in total. The lowest BCUT2D eigenvalue weighted by molar-refractivity contribution is -0.123. The van der Waals surface area contributed by atoms with Crippen LogP contribution in [-0.4, -0.2) is 34.9 Å². The van der Waals surface area contributed by atoms with E-state index in [9.17, 15) is 15.0 Å². The lowest BCUT2D eigenvalue weighted by atomic mass is 10.0. The number of hydrogen-bond acceptors (Lipinski definition) is 3. The Labute approximate surface area is 382 Å². The first kappa shape index (κ1) is 59.6. The minimum absolute atomic E-state index is 0.0688. The molecule has 2 unspecified atom stereocenters. The molecule has 61 heavy (non-hydrogen) atoms. The van der Waals surface area contributed by atoms with Crippen LogP contribution in [0.5, 0.6) is 0 Å². The molecular formula is C57H109NO3. The molecule has 0 aromatic heterocycles. The highest BCUT2D eigenvalue weighted by Crippen LogP contribution is 2.17. The van der Waals surface area contributed by atoms with Crippen LogP contribution in [0.2, 0.25) is 0 Å². The molecule has 0 aromatic carbocycles. The summed E-state index contributed by atoms with van der Waals surface area (Å²) in [5.74, 6) is -0.0688. The first-order valence-corrected chi connectivity index (χ1v) is 27.7. The van der Waals surface area contributed by atoms with Crippen LogP contribution in [0.25, 0.3) is 0 Å². The fraction of sp³-hybridized carbons (Fsp3) is 0.877. The summed E-state index contributed by atoms with van der Waals surface area (Å²) in [7, 11) is 0. The van der Waals surface area contributed by atoms with E-state index in [2.05, 4.69) is 43.5 Å². The molecule has 0 rings (SSSR count). The van der Waals surface area contributed by atoms with Crippen LogP contribution in [0.1, 0.15) is 303 Å². The summed E-state index contributed by atoms with van der Waals surface area (Å²) in [4.78, 5) is 12.5. The highest BCUT2D eigenvalue weighted by Gasteiger charge is 2.18. The van der Waals surface area contributed by atoms with E-state index >= 15 is 0 Å². The number of hydrogen-bond donors (Lipinski definition) is 3. The molecule has 0 aliphatic rings. The highest BCUT2D eigenvalue weighted by atomic mass is 16.3. The van der Waals surface area contributed by atoms with E-state index in [1.807, 2.05) is 6.08 Å². The summed E-state index contributed by atoms with van der Waals surface area (Å²) in [6.07, 6.45) is 71.7. The second-order valence-corrected chi connectivity index (χ2v) is 19.0. The highest BCUT2D eigenvalue weighted by molar-refractivity contribution is 5.76. The van der Waals surface area contributed by atoms with E-state index in [1.165, 1.54) is 250 Å². The summed E-state index contributed by atoms with van der Waals surface area (Å²) in [6.45, 7) is 4.32. The first-order chi connectivity index (χ1) is 30.2. The molecular weight excluding hydrogens is 747 g/mol. The third kappa shape index (κ3) is 49.5. The number of rotatable bonds is 51. The van der Waals surface area contributed by atoms with Crippen molar-refractivity contribution in [1.82, 2.24) is 5.32 Å². The van der Waals surface area contributed by atoms with Crippen LogP contribution in [0, 0.1) is 0 Å². The maximum atomic E-state index is 12.5. The molecule has 0 saturated carbocycles. The molecule has 0 aliphatic carbocycles. The Hall–Kier alpha value is -1.39. The number of nitrogens with one attached hydrogen (secondary N) is 1. The number of carbonyl (C=O) groups is 1. The Morgan fingerprint density at radius 2 is 0.639 bits per heavy atom. The number of aliphatic hydroxyl groups is 2. The summed E-state index contributed by atoms with van der Waals surface area (Å²) in [6, 6.07) is -0.637. The van der Waals surface area contributed by atoms with Gasteiger partial charge < -0.3 is 15.5 Å². The zero-order valence-corrected chi connectivity index (χ0v) is 41.4. The van der Waals surface area contributed by atoms with Gasteiger partial charge in [-0.25, -0.2) is 0 Å². The monoisotopic (exact) mass is 856 g/mol. The predicted molar refractivity (Wildman–Crippen MR) is 272 cm³/mol. The van der Waals surface area contributed by atoms with Gasteiger partial charge in [-0.2, -0.15) is 0 Å². The van der Waals surface area contributed by atoms with Crippen LogP contribution in [0.15, 0.2) is 36.5 Å². The Morgan fingerprint density at radius 1 is 0.377 bits per heavy atom. The molecule has 4 heteroatoms. The normalized spacial score (nSPS) is 13.0. The van der Waals surface area contributed by atoms with Crippen LogP contribution >= 0.6 is 0 Å². The number of amides is 1. The molecule has 0 heterocycles. The van der Waals surface area contributed by atoms with Crippen LogP contribution in [0.3, 0.4) is 0 Å². The van der Waals surface area contributed by atoms with Gasteiger partial charge in [0.15, 0.2) is 0 Å². The molecule has 360 valence electrons. The predicted octanol–water partition coefficient (Wildman–Crippen LogP) is 18.1. The van der Waals surface area contributed by atoms with E-state index in [0.717, 1.165) is 32.1 Å². The van der Waals surface area contributed by atoms with Crippen molar-refractivity contribution in [2.24, 2.45) is 0 Å². The molecule has 0 saturated heterocycles. The third-order valence-corrected chi connectivity index (χ3v) is 12.8. The van der Waals surface area contributed by atoms with Crippen molar-refractivity contribution in [1.29, 1.82) is 0 Å². The Balaban J connectivity index is 3.47.